The van der Waals surface area contributed by atoms with Gasteiger partial charge in [-0.15, -0.1) is 0 Å². The Hall–Kier alpha value is -1.46. The van der Waals surface area contributed by atoms with Gasteiger partial charge in [0.1, 0.15) is 5.82 Å². The maximum atomic E-state index is 12.9. The van der Waals surface area contributed by atoms with Crippen LogP contribution >= 0.6 is 0 Å². The van der Waals surface area contributed by atoms with Crippen LogP contribution in [-0.2, 0) is 4.79 Å². The lowest BCUT2D eigenvalue weighted by Crippen LogP contribution is -2.37. The molecule has 1 amide bonds. The smallest absolute Gasteiger partial charge is 0.225 e. The quantitative estimate of drug-likeness (QED) is 0.828. The van der Waals surface area contributed by atoms with Gasteiger partial charge in [0, 0.05) is 25.2 Å². The van der Waals surface area contributed by atoms with Crippen molar-refractivity contribution < 1.29 is 14.3 Å². The van der Waals surface area contributed by atoms with E-state index in [4.69, 9.17) is 0 Å². The van der Waals surface area contributed by atoms with E-state index in [0.29, 0.717) is 25.2 Å². The SMILES string of the molecule is CN(CCC(=O)Nc1cccc(F)c1)CC(C)(C)O. The number of likely N-dealkylation sites (N-methyl/N-ethyl adjacent to an activating group) is 1. The van der Waals surface area contributed by atoms with E-state index in [1.165, 1.54) is 12.1 Å². The molecule has 0 bridgehead atoms. The standard InChI is InChI=1S/C14H21FN2O2/c1-14(2,19)10-17(3)8-7-13(18)16-12-6-4-5-11(15)9-12/h4-6,9,19H,7-8,10H2,1-3H3,(H,16,18). The van der Waals surface area contributed by atoms with E-state index in [2.05, 4.69) is 5.32 Å². The number of nitrogens with one attached hydrogen (secondary N) is 1. The first-order chi connectivity index (χ1) is 8.76. The van der Waals surface area contributed by atoms with Crippen molar-refractivity contribution in [1.29, 1.82) is 0 Å². The zero-order valence-electron chi connectivity index (χ0n) is 11.6. The highest BCUT2D eigenvalue weighted by molar-refractivity contribution is 5.90. The predicted molar refractivity (Wildman–Crippen MR) is 73.4 cm³/mol. The van der Waals surface area contributed by atoms with Gasteiger partial charge in [-0.2, -0.15) is 0 Å². The summed E-state index contributed by atoms with van der Waals surface area (Å²) in [7, 11) is 1.84. The molecule has 0 spiro atoms. The lowest BCUT2D eigenvalue weighted by molar-refractivity contribution is -0.116. The van der Waals surface area contributed by atoms with Gasteiger partial charge >= 0.3 is 0 Å². The molecular weight excluding hydrogens is 247 g/mol. The van der Waals surface area contributed by atoms with Crippen molar-refractivity contribution in [2.45, 2.75) is 25.9 Å². The molecule has 0 heterocycles. The maximum Gasteiger partial charge on any atom is 0.225 e. The summed E-state index contributed by atoms with van der Waals surface area (Å²) in [6, 6.07) is 5.79. The van der Waals surface area contributed by atoms with Gasteiger partial charge in [0.25, 0.3) is 0 Å². The molecule has 1 aromatic carbocycles. The van der Waals surface area contributed by atoms with Crippen molar-refractivity contribution in [3.8, 4) is 0 Å². The molecule has 4 nitrogen and oxygen atoms in total. The van der Waals surface area contributed by atoms with Crippen LogP contribution in [0.2, 0.25) is 0 Å². The van der Waals surface area contributed by atoms with E-state index < -0.39 is 5.60 Å². The number of carbonyl (C=O) groups is 1. The second-order valence-electron chi connectivity index (χ2n) is 5.36. The molecule has 0 saturated heterocycles. The van der Waals surface area contributed by atoms with Crippen molar-refractivity contribution in [3.05, 3.63) is 30.1 Å². The minimum Gasteiger partial charge on any atom is -0.389 e. The van der Waals surface area contributed by atoms with Crippen LogP contribution in [0.15, 0.2) is 24.3 Å². The average Bonchev–Trinajstić information content (AvgIpc) is 2.24. The molecule has 0 radical (unpaired) electrons. The van der Waals surface area contributed by atoms with E-state index in [-0.39, 0.29) is 11.7 Å². The fraction of sp³-hybridized carbons (Fsp3) is 0.500. The third-order valence-electron chi connectivity index (χ3n) is 2.49. The van der Waals surface area contributed by atoms with Crippen molar-refractivity contribution in [2.24, 2.45) is 0 Å². The zero-order valence-corrected chi connectivity index (χ0v) is 11.6. The number of hydrogen-bond acceptors (Lipinski definition) is 3. The lowest BCUT2D eigenvalue weighted by atomic mass is 10.1. The fourth-order valence-corrected chi connectivity index (χ4v) is 1.82. The number of hydrogen-bond donors (Lipinski definition) is 2. The third kappa shape index (κ3) is 6.88. The summed E-state index contributed by atoms with van der Waals surface area (Å²) in [5.41, 5.74) is -0.330. The molecule has 0 saturated carbocycles. The molecule has 0 atom stereocenters. The number of anilines is 1. The topological polar surface area (TPSA) is 52.6 Å². The largest absolute Gasteiger partial charge is 0.389 e. The highest BCUT2D eigenvalue weighted by Gasteiger charge is 2.16. The number of rotatable bonds is 6. The van der Waals surface area contributed by atoms with Crippen LogP contribution in [0, 0.1) is 5.82 Å². The second kappa shape index (κ2) is 6.63. The number of benzene rings is 1. The van der Waals surface area contributed by atoms with Gasteiger partial charge in [-0.05, 0) is 39.1 Å². The number of carbonyl (C=O) groups excluding carboxylic acids is 1. The van der Waals surface area contributed by atoms with Crippen LogP contribution in [0.3, 0.4) is 0 Å². The van der Waals surface area contributed by atoms with Gasteiger partial charge in [-0.1, -0.05) is 6.07 Å². The summed E-state index contributed by atoms with van der Waals surface area (Å²) in [5, 5.41) is 12.3. The summed E-state index contributed by atoms with van der Waals surface area (Å²) >= 11 is 0. The van der Waals surface area contributed by atoms with Crippen LogP contribution in [0.25, 0.3) is 0 Å². The first-order valence-corrected chi connectivity index (χ1v) is 6.22. The van der Waals surface area contributed by atoms with Gasteiger partial charge < -0.3 is 15.3 Å². The van der Waals surface area contributed by atoms with Crippen LogP contribution in [-0.4, -0.2) is 41.7 Å². The summed E-state index contributed by atoms with van der Waals surface area (Å²) in [5.74, 6) is -0.551. The van der Waals surface area contributed by atoms with Crippen molar-refractivity contribution >= 4 is 11.6 Å². The maximum absolute atomic E-state index is 12.9. The van der Waals surface area contributed by atoms with Crippen LogP contribution < -0.4 is 5.32 Å². The predicted octanol–water partition coefficient (Wildman–Crippen LogP) is 1.86. The van der Waals surface area contributed by atoms with Gasteiger partial charge in [0.15, 0.2) is 0 Å². The van der Waals surface area contributed by atoms with E-state index in [9.17, 15) is 14.3 Å². The molecule has 0 aliphatic rings. The number of amides is 1. The van der Waals surface area contributed by atoms with E-state index >= 15 is 0 Å². The summed E-state index contributed by atoms with van der Waals surface area (Å²) in [6.07, 6.45) is 0.295. The molecule has 19 heavy (non-hydrogen) atoms. The molecule has 1 rings (SSSR count). The molecule has 0 unspecified atom stereocenters. The lowest BCUT2D eigenvalue weighted by Gasteiger charge is -2.25. The molecule has 1 aromatic rings. The number of aliphatic hydroxyl groups is 1. The first kappa shape index (κ1) is 15.6. The summed E-state index contributed by atoms with van der Waals surface area (Å²) in [4.78, 5) is 13.6. The molecule has 5 heteroatoms. The van der Waals surface area contributed by atoms with Crippen LogP contribution in [0.4, 0.5) is 10.1 Å². The highest BCUT2D eigenvalue weighted by Crippen LogP contribution is 2.09. The summed E-state index contributed by atoms with van der Waals surface area (Å²) in [6.45, 7) is 4.46. The highest BCUT2D eigenvalue weighted by atomic mass is 19.1. The molecular formula is C14H21FN2O2. The van der Waals surface area contributed by atoms with Gasteiger partial charge in [-0.25, -0.2) is 4.39 Å². The average molecular weight is 268 g/mol. The minimum absolute atomic E-state index is 0.173. The fourth-order valence-electron chi connectivity index (χ4n) is 1.82. The van der Waals surface area contributed by atoms with Crippen molar-refractivity contribution in [1.82, 2.24) is 4.90 Å². The van der Waals surface area contributed by atoms with Crippen molar-refractivity contribution in [3.63, 3.8) is 0 Å². The number of nitrogens with zero attached hydrogens (tertiary/aromatic N) is 1. The van der Waals surface area contributed by atoms with E-state index in [1.807, 2.05) is 11.9 Å². The zero-order chi connectivity index (χ0) is 14.5. The normalized spacial score (nSPS) is 11.7. The van der Waals surface area contributed by atoms with Crippen LogP contribution in [0.1, 0.15) is 20.3 Å². The Bertz CT molecular complexity index is 430. The molecule has 2 N–H and O–H groups in total. The van der Waals surface area contributed by atoms with E-state index in [0.717, 1.165) is 0 Å². The van der Waals surface area contributed by atoms with Crippen LogP contribution in [0.5, 0.6) is 0 Å². The minimum atomic E-state index is -0.784. The van der Waals surface area contributed by atoms with Crippen molar-refractivity contribution in [2.75, 3.05) is 25.5 Å². The molecule has 106 valence electrons. The molecule has 0 fully saturated rings. The number of halogens is 1. The monoisotopic (exact) mass is 268 g/mol. The third-order valence-corrected chi connectivity index (χ3v) is 2.49. The Kier molecular flexibility index (Phi) is 5.44. The Morgan fingerprint density at radius 1 is 1.47 bits per heavy atom. The van der Waals surface area contributed by atoms with Gasteiger partial charge in [0.2, 0.25) is 5.91 Å². The molecule has 0 aliphatic carbocycles. The Morgan fingerprint density at radius 3 is 2.74 bits per heavy atom. The first-order valence-electron chi connectivity index (χ1n) is 6.22. The Morgan fingerprint density at radius 2 is 2.16 bits per heavy atom. The Labute approximate surface area is 113 Å². The Balaban J connectivity index is 2.36. The van der Waals surface area contributed by atoms with Gasteiger partial charge in [-0.3, -0.25) is 4.79 Å². The summed E-state index contributed by atoms with van der Waals surface area (Å²) < 4.78 is 12.9. The van der Waals surface area contributed by atoms with E-state index in [1.54, 1.807) is 26.0 Å². The second-order valence-corrected chi connectivity index (χ2v) is 5.36. The van der Waals surface area contributed by atoms with Gasteiger partial charge in [0.05, 0.1) is 5.60 Å². The molecule has 0 aliphatic heterocycles. The molecule has 0 aromatic heterocycles.